The van der Waals surface area contributed by atoms with E-state index in [-0.39, 0.29) is 18.1 Å². The molecule has 0 unspecified atom stereocenters. The van der Waals surface area contributed by atoms with Crippen LogP contribution >= 0.6 is 0 Å². The second-order valence-corrected chi connectivity index (χ2v) is 5.16. The summed E-state index contributed by atoms with van der Waals surface area (Å²) in [5.41, 5.74) is 0.396. The van der Waals surface area contributed by atoms with Crippen LogP contribution in [0.4, 0.5) is 10.5 Å². The molecule has 1 saturated carbocycles. The fourth-order valence-electron chi connectivity index (χ4n) is 2.18. The first-order chi connectivity index (χ1) is 9.00. The largest absolute Gasteiger partial charge is 0.480 e. The van der Waals surface area contributed by atoms with Gasteiger partial charge in [0.15, 0.2) is 0 Å². The first-order valence-electron chi connectivity index (χ1n) is 6.37. The summed E-state index contributed by atoms with van der Waals surface area (Å²) in [5, 5.41) is 11.9. The molecule has 19 heavy (non-hydrogen) atoms. The normalized spacial score (nSPS) is 16.3. The van der Waals surface area contributed by atoms with Crippen LogP contribution in [0.2, 0.25) is 0 Å². The number of nitrogens with zero attached hydrogens (tertiary/aromatic N) is 1. The molecule has 1 aromatic rings. The smallest absolute Gasteiger partial charge is 0.323 e. The number of urea groups is 1. The van der Waals surface area contributed by atoms with Gasteiger partial charge in [0.2, 0.25) is 0 Å². The summed E-state index contributed by atoms with van der Waals surface area (Å²) in [6.07, 6.45) is 2.98. The summed E-state index contributed by atoms with van der Waals surface area (Å²) < 4.78 is 0. The van der Waals surface area contributed by atoms with Crippen LogP contribution in [-0.4, -0.2) is 29.2 Å². The summed E-state index contributed by atoms with van der Waals surface area (Å²) in [7, 11) is 0. The fourth-order valence-corrected chi connectivity index (χ4v) is 2.18. The van der Waals surface area contributed by atoms with Gasteiger partial charge in [0.25, 0.3) is 0 Å². The Morgan fingerprint density at radius 3 is 2.42 bits per heavy atom. The van der Waals surface area contributed by atoms with E-state index in [9.17, 15) is 9.59 Å². The molecule has 0 spiro atoms. The topological polar surface area (TPSA) is 69.6 Å². The second kappa shape index (κ2) is 5.30. The van der Waals surface area contributed by atoms with E-state index in [2.05, 4.69) is 5.32 Å². The van der Waals surface area contributed by atoms with E-state index in [1.165, 1.54) is 4.90 Å². The molecule has 2 rings (SSSR count). The van der Waals surface area contributed by atoms with E-state index in [4.69, 9.17) is 5.11 Å². The van der Waals surface area contributed by atoms with Crippen LogP contribution in [-0.2, 0) is 4.79 Å². The number of benzene rings is 1. The summed E-state index contributed by atoms with van der Waals surface area (Å²) in [6, 6.07) is 8.49. The van der Waals surface area contributed by atoms with Gasteiger partial charge in [0.05, 0.1) is 0 Å². The Morgan fingerprint density at radius 2 is 1.95 bits per heavy atom. The Morgan fingerprint density at radius 1 is 1.32 bits per heavy atom. The molecule has 0 aliphatic heterocycles. The van der Waals surface area contributed by atoms with Crippen LogP contribution in [0.15, 0.2) is 30.3 Å². The van der Waals surface area contributed by atoms with E-state index >= 15 is 0 Å². The number of nitrogens with one attached hydrogen (secondary N) is 1. The van der Waals surface area contributed by atoms with Crippen LogP contribution in [0.5, 0.6) is 0 Å². The van der Waals surface area contributed by atoms with Crippen LogP contribution in [0, 0.1) is 0 Å². The van der Waals surface area contributed by atoms with Crippen molar-refractivity contribution >= 4 is 17.7 Å². The minimum atomic E-state index is -1.03. The summed E-state index contributed by atoms with van der Waals surface area (Å²) in [6.45, 7) is 1.64. The minimum absolute atomic E-state index is 0.192. The quantitative estimate of drug-likeness (QED) is 0.874. The number of aliphatic carboxylic acids is 1. The molecule has 1 aliphatic rings. The van der Waals surface area contributed by atoms with Gasteiger partial charge in [-0.15, -0.1) is 0 Å². The highest BCUT2D eigenvalue weighted by Gasteiger charge is 2.35. The van der Waals surface area contributed by atoms with Crippen molar-refractivity contribution in [1.29, 1.82) is 0 Å². The molecule has 0 heterocycles. The van der Waals surface area contributed by atoms with Gasteiger partial charge in [-0.3, -0.25) is 9.69 Å². The number of hydrogen-bond donors (Lipinski definition) is 2. The van der Waals surface area contributed by atoms with Gasteiger partial charge >= 0.3 is 12.0 Å². The monoisotopic (exact) mass is 262 g/mol. The third-order valence-electron chi connectivity index (χ3n) is 3.47. The van der Waals surface area contributed by atoms with Gasteiger partial charge in [0, 0.05) is 11.2 Å². The highest BCUT2D eigenvalue weighted by molar-refractivity contribution is 5.96. The number of para-hydroxylation sites is 1. The third-order valence-corrected chi connectivity index (χ3v) is 3.47. The predicted octanol–water partition coefficient (Wildman–Crippen LogP) is 2.23. The number of carbonyl (C=O) groups excluding carboxylic acids is 1. The zero-order valence-electron chi connectivity index (χ0n) is 10.9. The van der Waals surface area contributed by atoms with Crippen molar-refractivity contribution in [2.45, 2.75) is 31.7 Å². The Labute approximate surface area is 112 Å². The van der Waals surface area contributed by atoms with E-state index < -0.39 is 5.97 Å². The van der Waals surface area contributed by atoms with E-state index in [1.807, 2.05) is 13.0 Å². The molecule has 0 saturated heterocycles. The molecule has 0 atom stereocenters. The van der Waals surface area contributed by atoms with Crippen LogP contribution < -0.4 is 10.2 Å². The molecule has 2 N–H and O–H groups in total. The van der Waals surface area contributed by atoms with Crippen LogP contribution in [0.25, 0.3) is 0 Å². The molecule has 0 bridgehead atoms. The van der Waals surface area contributed by atoms with Crippen molar-refractivity contribution in [2.75, 3.05) is 11.4 Å². The highest BCUT2D eigenvalue weighted by atomic mass is 16.4. The predicted molar refractivity (Wildman–Crippen MR) is 72.2 cm³/mol. The molecule has 2 amide bonds. The standard InChI is InChI=1S/C14H18N2O3/c1-14(8-5-9-14)15-13(19)16(10-12(17)18)11-6-3-2-4-7-11/h2-4,6-7H,5,8-10H2,1H3,(H,15,19)(H,17,18). The number of carboxylic acid groups (broad SMARTS) is 1. The maximum Gasteiger partial charge on any atom is 0.323 e. The summed E-state index contributed by atoms with van der Waals surface area (Å²) in [4.78, 5) is 24.4. The molecule has 1 aromatic carbocycles. The molecular formula is C14H18N2O3. The number of anilines is 1. The van der Waals surface area contributed by atoms with Crippen molar-refractivity contribution in [3.05, 3.63) is 30.3 Å². The zero-order valence-corrected chi connectivity index (χ0v) is 10.9. The molecule has 1 fully saturated rings. The first-order valence-corrected chi connectivity index (χ1v) is 6.37. The number of amides is 2. The van der Waals surface area contributed by atoms with Crippen molar-refractivity contribution in [2.24, 2.45) is 0 Å². The van der Waals surface area contributed by atoms with E-state index in [0.717, 1.165) is 19.3 Å². The lowest BCUT2D eigenvalue weighted by Gasteiger charge is -2.40. The maximum atomic E-state index is 12.2. The Balaban J connectivity index is 2.13. The SMILES string of the molecule is CC1(NC(=O)N(CC(=O)O)c2ccccc2)CCC1. The number of carbonyl (C=O) groups is 2. The van der Waals surface area contributed by atoms with Gasteiger partial charge < -0.3 is 10.4 Å². The summed E-state index contributed by atoms with van der Waals surface area (Å²) in [5.74, 6) is -1.03. The Bertz CT molecular complexity index is 469. The molecule has 0 aromatic heterocycles. The van der Waals surface area contributed by atoms with Gasteiger partial charge in [-0.2, -0.15) is 0 Å². The lowest BCUT2D eigenvalue weighted by Crippen LogP contribution is -2.56. The number of carboxylic acids is 1. The van der Waals surface area contributed by atoms with Gasteiger partial charge in [-0.25, -0.2) is 4.79 Å². The van der Waals surface area contributed by atoms with Crippen LogP contribution in [0.1, 0.15) is 26.2 Å². The van der Waals surface area contributed by atoms with Crippen molar-refractivity contribution in [3.63, 3.8) is 0 Å². The molecule has 0 radical (unpaired) electrons. The molecule has 1 aliphatic carbocycles. The van der Waals surface area contributed by atoms with E-state index in [0.29, 0.717) is 5.69 Å². The van der Waals surface area contributed by atoms with Gasteiger partial charge in [-0.05, 0) is 38.3 Å². The molecule has 102 valence electrons. The average Bonchev–Trinajstić information content (AvgIpc) is 2.34. The lowest BCUT2D eigenvalue weighted by molar-refractivity contribution is -0.135. The summed E-state index contributed by atoms with van der Waals surface area (Å²) >= 11 is 0. The van der Waals surface area contributed by atoms with Gasteiger partial charge in [0.1, 0.15) is 6.54 Å². The second-order valence-electron chi connectivity index (χ2n) is 5.16. The fraction of sp³-hybridized carbons (Fsp3) is 0.429. The zero-order chi connectivity index (χ0) is 13.9. The molecule has 5 nitrogen and oxygen atoms in total. The molecule has 5 heteroatoms. The van der Waals surface area contributed by atoms with Crippen molar-refractivity contribution in [3.8, 4) is 0 Å². The number of rotatable bonds is 4. The average molecular weight is 262 g/mol. The molecular weight excluding hydrogens is 244 g/mol. The maximum absolute atomic E-state index is 12.2. The lowest BCUT2D eigenvalue weighted by atomic mass is 9.79. The first kappa shape index (κ1) is 13.4. The van der Waals surface area contributed by atoms with Crippen molar-refractivity contribution in [1.82, 2.24) is 5.32 Å². The van der Waals surface area contributed by atoms with Crippen molar-refractivity contribution < 1.29 is 14.7 Å². The minimum Gasteiger partial charge on any atom is -0.480 e. The Kier molecular flexibility index (Phi) is 3.74. The number of hydrogen-bond acceptors (Lipinski definition) is 2. The third kappa shape index (κ3) is 3.24. The Hall–Kier alpha value is -2.04. The van der Waals surface area contributed by atoms with Gasteiger partial charge in [-0.1, -0.05) is 18.2 Å². The van der Waals surface area contributed by atoms with Crippen LogP contribution in [0.3, 0.4) is 0 Å². The highest BCUT2D eigenvalue weighted by Crippen LogP contribution is 2.31. The van der Waals surface area contributed by atoms with E-state index in [1.54, 1.807) is 24.3 Å².